The Hall–Kier alpha value is -0.180. The van der Waals surface area contributed by atoms with Crippen LogP contribution >= 0.6 is 12.6 Å². The van der Waals surface area contributed by atoms with Gasteiger partial charge in [-0.15, -0.1) is 0 Å². The summed E-state index contributed by atoms with van der Waals surface area (Å²) < 4.78 is 0. The largest absolute Gasteiger partial charge is 0.355 e. The van der Waals surface area contributed by atoms with Gasteiger partial charge in [-0.05, 0) is 0 Å². The van der Waals surface area contributed by atoms with E-state index in [1.165, 1.54) is 6.42 Å². The third-order valence-electron chi connectivity index (χ3n) is 0.673. The number of hydrogen-bond donors (Lipinski definition) is 2. The lowest BCUT2D eigenvalue weighted by Crippen LogP contribution is -2.24. The van der Waals surface area contributed by atoms with E-state index in [-0.39, 0.29) is 5.91 Å². The molecular formula is C5H10NOS. The van der Waals surface area contributed by atoms with Gasteiger partial charge in [-0.2, -0.15) is 12.6 Å². The van der Waals surface area contributed by atoms with Crippen molar-refractivity contribution in [3.8, 4) is 0 Å². The Morgan fingerprint density at radius 3 is 2.88 bits per heavy atom. The quantitative estimate of drug-likeness (QED) is 0.530. The number of amides is 1. The minimum Gasteiger partial charge on any atom is -0.355 e. The molecule has 0 saturated heterocycles. The molecule has 1 N–H and O–H groups in total. The first-order valence-corrected chi connectivity index (χ1v) is 3.12. The SMILES string of the molecule is C[CH]C(=O)NCCS. The van der Waals surface area contributed by atoms with Crippen LogP contribution in [0.2, 0.25) is 0 Å². The average Bonchev–Trinajstić information content (AvgIpc) is 1.83. The van der Waals surface area contributed by atoms with E-state index < -0.39 is 0 Å². The Morgan fingerprint density at radius 1 is 1.88 bits per heavy atom. The van der Waals surface area contributed by atoms with Crippen molar-refractivity contribution in [1.29, 1.82) is 0 Å². The van der Waals surface area contributed by atoms with Crippen LogP contribution in [0, 0.1) is 6.42 Å². The molecule has 0 spiro atoms. The van der Waals surface area contributed by atoms with Gasteiger partial charge in [-0.25, -0.2) is 0 Å². The van der Waals surface area contributed by atoms with Gasteiger partial charge in [0, 0.05) is 18.7 Å². The second-order valence-electron chi connectivity index (χ2n) is 1.30. The molecule has 0 bridgehead atoms. The second-order valence-corrected chi connectivity index (χ2v) is 1.75. The molecular weight excluding hydrogens is 122 g/mol. The van der Waals surface area contributed by atoms with Crippen molar-refractivity contribution >= 4 is 18.5 Å². The van der Waals surface area contributed by atoms with Crippen molar-refractivity contribution in [2.24, 2.45) is 0 Å². The standard InChI is InChI=1S/C5H10NOS/c1-2-5(7)6-3-4-8/h2,8H,3-4H2,1H3,(H,6,7). The molecule has 0 rings (SSSR count). The number of hydrogen-bond acceptors (Lipinski definition) is 2. The van der Waals surface area contributed by atoms with Crippen LogP contribution in [-0.2, 0) is 4.79 Å². The maximum absolute atomic E-state index is 10.4. The van der Waals surface area contributed by atoms with Crippen molar-refractivity contribution in [3.05, 3.63) is 6.42 Å². The van der Waals surface area contributed by atoms with Crippen molar-refractivity contribution in [2.75, 3.05) is 12.3 Å². The van der Waals surface area contributed by atoms with Crippen LogP contribution in [0.1, 0.15) is 6.92 Å². The van der Waals surface area contributed by atoms with E-state index in [0.717, 1.165) is 0 Å². The zero-order valence-corrected chi connectivity index (χ0v) is 5.74. The van der Waals surface area contributed by atoms with Gasteiger partial charge < -0.3 is 5.32 Å². The van der Waals surface area contributed by atoms with Gasteiger partial charge in [0.25, 0.3) is 0 Å². The van der Waals surface area contributed by atoms with Crippen molar-refractivity contribution in [3.63, 3.8) is 0 Å². The number of carbonyl (C=O) groups excluding carboxylic acids is 1. The number of thiol groups is 1. The van der Waals surface area contributed by atoms with Crippen LogP contribution in [-0.4, -0.2) is 18.2 Å². The maximum Gasteiger partial charge on any atom is 0.223 e. The van der Waals surface area contributed by atoms with Gasteiger partial charge in [-0.3, -0.25) is 4.79 Å². The molecule has 0 saturated carbocycles. The van der Waals surface area contributed by atoms with Crippen molar-refractivity contribution < 1.29 is 4.79 Å². The van der Waals surface area contributed by atoms with E-state index in [4.69, 9.17) is 0 Å². The smallest absolute Gasteiger partial charge is 0.223 e. The lowest BCUT2D eigenvalue weighted by Gasteiger charge is -1.96. The Balaban J connectivity index is 2.99. The predicted molar refractivity (Wildman–Crippen MR) is 36.8 cm³/mol. The fourth-order valence-corrected chi connectivity index (χ4v) is 0.393. The minimum absolute atomic E-state index is 0.0287. The van der Waals surface area contributed by atoms with Gasteiger partial charge in [0.15, 0.2) is 0 Å². The summed E-state index contributed by atoms with van der Waals surface area (Å²) in [7, 11) is 0. The number of nitrogens with one attached hydrogen (secondary N) is 1. The molecule has 2 nitrogen and oxygen atoms in total. The highest BCUT2D eigenvalue weighted by Gasteiger charge is 1.91. The molecule has 3 heteroatoms. The number of rotatable bonds is 3. The lowest BCUT2D eigenvalue weighted by molar-refractivity contribution is -0.117. The molecule has 0 aromatic heterocycles. The topological polar surface area (TPSA) is 29.1 Å². The van der Waals surface area contributed by atoms with E-state index >= 15 is 0 Å². The Kier molecular flexibility index (Phi) is 4.85. The zero-order chi connectivity index (χ0) is 6.41. The second kappa shape index (κ2) is 4.97. The predicted octanol–water partition coefficient (Wildman–Crippen LogP) is 0.257. The van der Waals surface area contributed by atoms with Crippen molar-refractivity contribution in [1.82, 2.24) is 5.32 Å². The average molecular weight is 132 g/mol. The van der Waals surface area contributed by atoms with Crippen LogP contribution in [0.3, 0.4) is 0 Å². The molecule has 1 radical (unpaired) electrons. The molecule has 0 aromatic carbocycles. The normalized spacial score (nSPS) is 8.75. The molecule has 0 atom stereocenters. The van der Waals surface area contributed by atoms with Crippen LogP contribution in [0.4, 0.5) is 0 Å². The zero-order valence-electron chi connectivity index (χ0n) is 4.85. The molecule has 1 amide bonds. The first kappa shape index (κ1) is 7.82. The van der Waals surface area contributed by atoms with Gasteiger partial charge in [0.05, 0.1) is 0 Å². The van der Waals surface area contributed by atoms with E-state index in [2.05, 4.69) is 17.9 Å². The van der Waals surface area contributed by atoms with Gasteiger partial charge in [-0.1, -0.05) is 6.92 Å². The van der Waals surface area contributed by atoms with Gasteiger partial charge in [0.1, 0.15) is 0 Å². The van der Waals surface area contributed by atoms with Crippen LogP contribution < -0.4 is 5.32 Å². The van der Waals surface area contributed by atoms with Gasteiger partial charge in [0.2, 0.25) is 5.91 Å². The van der Waals surface area contributed by atoms with E-state index in [0.29, 0.717) is 12.3 Å². The third-order valence-corrected chi connectivity index (χ3v) is 0.897. The molecule has 8 heavy (non-hydrogen) atoms. The lowest BCUT2D eigenvalue weighted by atomic mass is 10.4. The molecule has 0 unspecified atom stereocenters. The fraction of sp³-hybridized carbons (Fsp3) is 0.600. The molecule has 0 fully saturated rings. The third kappa shape index (κ3) is 3.99. The van der Waals surface area contributed by atoms with Crippen molar-refractivity contribution in [2.45, 2.75) is 6.92 Å². The summed E-state index contributed by atoms with van der Waals surface area (Å²) in [6.07, 6.45) is 1.49. The molecule has 0 aromatic rings. The van der Waals surface area contributed by atoms with Gasteiger partial charge >= 0.3 is 0 Å². The molecule has 0 aliphatic heterocycles. The molecule has 0 aliphatic carbocycles. The van der Waals surface area contributed by atoms with E-state index in [9.17, 15) is 4.79 Å². The highest BCUT2D eigenvalue weighted by Crippen LogP contribution is 1.73. The Bertz CT molecular complexity index is 74.8. The first-order valence-electron chi connectivity index (χ1n) is 2.49. The highest BCUT2D eigenvalue weighted by molar-refractivity contribution is 7.80. The first-order chi connectivity index (χ1) is 3.81. The summed E-state index contributed by atoms with van der Waals surface area (Å²) in [5.41, 5.74) is 0. The summed E-state index contributed by atoms with van der Waals surface area (Å²) in [6, 6.07) is 0. The van der Waals surface area contributed by atoms with E-state index in [1.807, 2.05) is 0 Å². The molecule has 47 valence electrons. The van der Waals surface area contributed by atoms with Crippen LogP contribution in [0.5, 0.6) is 0 Å². The van der Waals surface area contributed by atoms with E-state index in [1.54, 1.807) is 6.92 Å². The number of carbonyl (C=O) groups is 1. The van der Waals surface area contributed by atoms with Crippen LogP contribution in [0.25, 0.3) is 0 Å². The maximum atomic E-state index is 10.4. The summed E-state index contributed by atoms with van der Waals surface area (Å²) in [5, 5.41) is 2.61. The summed E-state index contributed by atoms with van der Waals surface area (Å²) in [6.45, 7) is 2.35. The monoisotopic (exact) mass is 132 g/mol. The van der Waals surface area contributed by atoms with Crippen LogP contribution in [0.15, 0.2) is 0 Å². The Morgan fingerprint density at radius 2 is 2.50 bits per heavy atom. The fourth-order valence-electron chi connectivity index (χ4n) is 0.281. The Labute approximate surface area is 55.1 Å². The highest BCUT2D eigenvalue weighted by atomic mass is 32.1. The molecule has 0 heterocycles. The summed E-state index contributed by atoms with van der Waals surface area (Å²) >= 11 is 3.91. The summed E-state index contributed by atoms with van der Waals surface area (Å²) in [4.78, 5) is 10.4. The minimum atomic E-state index is -0.0287. The summed E-state index contributed by atoms with van der Waals surface area (Å²) in [5.74, 6) is 0.665. The molecule has 0 aliphatic rings.